The molecule has 0 atom stereocenters. The van der Waals surface area contributed by atoms with Gasteiger partial charge in [0.15, 0.2) is 11.4 Å². The maximum absolute atomic E-state index is 12.6. The lowest BCUT2D eigenvalue weighted by molar-refractivity contribution is 0.104. The van der Waals surface area contributed by atoms with E-state index in [1.54, 1.807) is 48.5 Å². The number of aromatic hydroxyl groups is 1. The lowest BCUT2D eigenvalue weighted by atomic mass is 10.1. The van der Waals surface area contributed by atoms with Crippen LogP contribution < -0.4 is 5.76 Å². The number of aromatic nitrogens is 1. The molecule has 5 heteroatoms. The largest absolute Gasteiger partial charge is 0.508 e. The number of para-hydroxylation sites is 1. The number of hydrogen-bond donors (Lipinski definition) is 1. The summed E-state index contributed by atoms with van der Waals surface area (Å²) >= 11 is 0. The minimum Gasteiger partial charge on any atom is -0.508 e. The molecule has 2 aromatic carbocycles. The number of carbonyl (C=O) groups is 1. The monoisotopic (exact) mass is 349 g/mol. The number of benzene rings is 2. The van der Waals surface area contributed by atoms with Crippen LogP contribution in [0.25, 0.3) is 17.2 Å². The van der Waals surface area contributed by atoms with Crippen molar-refractivity contribution < 1.29 is 14.3 Å². The average Bonchev–Trinajstić information content (AvgIpc) is 2.94. The Morgan fingerprint density at radius 2 is 1.88 bits per heavy atom. The third-order valence-corrected chi connectivity index (χ3v) is 3.96. The Balaban J connectivity index is 1.96. The predicted octanol–water partition coefficient (Wildman–Crippen LogP) is 4.16. The van der Waals surface area contributed by atoms with E-state index in [2.05, 4.69) is 0 Å². The number of allylic oxidation sites excluding steroid dienone is 3. The minimum atomic E-state index is -0.486. The van der Waals surface area contributed by atoms with Gasteiger partial charge in [-0.25, -0.2) is 4.79 Å². The Labute approximate surface area is 150 Å². The number of oxazole rings is 1. The molecule has 1 aromatic heterocycles. The summed E-state index contributed by atoms with van der Waals surface area (Å²) < 4.78 is 6.84. The summed E-state index contributed by atoms with van der Waals surface area (Å²) in [5.74, 6) is -0.579. The fourth-order valence-electron chi connectivity index (χ4n) is 2.57. The molecule has 0 fully saturated rings. The molecule has 0 saturated heterocycles. The summed E-state index contributed by atoms with van der Waals surface area (Å²) in [7, 11) is 0. The van der Waals surface area contributed by atoms with Crippen molar-refractivity contribution >= 4 is 23.0 Å². The second kappa shape index (κ2) is 7.27. The fraction of sp³-hybridized carbons (Fsp3) is 0.143. The van der Waals surface area contributed by atoms with Crippen molar-refractivity contribution in [3.05, 3.63) is 81.9 Å². The summed E-state index contributed by atoms with van der Waals surface area (Å²) in [6.07, 6.45) is 5.00. The SMILES string of the molecule is CC(C)=CCn1c(=O)oc2c(C(=O)/C=C/c3ccc(O)cc3)cccc21. The van der Waals surface area contributed by atoms with E-state index in [0.717, 1.165) is 11.1 Å². The molecular formula is C21H19NO4. The first-order valence-corrected chi connectivity index (χ1v) is 8.23. The van der Waals surface area contributed by atoms with Crippen molar-refractivity contribution in [3.63, 3.8) is 0 Å². The lowest BCUT2D eigenvalue weighted by Crippen LogP contribution is -2.12. The van der Waals surface area contributed by atoms with Gasteiger partial charge >= 0.3 is 5.76 Å². The first-order chi connectivity index (χ1) is 12.5. The van der Waals surface area contributed by atoms with E-state index >= 15 is 0 Å². The van der Waals surface area contributed by atoms with Gasteiger partial charge in [0.25, 0.3) is 0 Å². The second-order valence-electron chi connectivity index (χ2n) is 6.20. The van der Waals surface area contributed by atoms with Gasteiger partial charge in [-0.3, -0.25) is 9.36 Å². The molecule has 0 amide bonds. The molecule has 1 heterocycles. The highest BCUT2D eigenvalue weighted by molar-refractivity contribution is 6.13. The van der Waals surface area contributed by atoms with Crippen LogP contribution in [0.1, 0.15) is 29.8 Å². The van der Waals surface area contributed by atoms with Crippen LogP contribution in [0.15, 0.2) is 69.4 Å². The number of carbonyl (C=O) groups excluding carboxylic acids is 1. The van der Waals surface area contributed by atoms with E-state index in [-0.39, 0.29) is 11.5 Å². The molecule has 132 valence electrons. The molecule has 3 aromatic rings. The van der Waals surface area contributed by atoms with Crippen LogP contribution in [0.3, 0.4) is 0 Å². The van der Waals surface area contributed by atoms with E-state index in [4.69, 9.17) is 4.42 Å². The number of phenolic OH excluding ortho intramolecular Hbond substituents is 1. The smallest absolute Gasteiger partial charge is 0.420 e. The Morgan fingerprint density at radius 1 is 1.15 bits per heavy atom. The number of hydrogen-bond acceptors (Lipinski definition) is 4. The zero-order valence-electron chi connectivity index (χ0n) is 14.6. The van der Waals surface area contributed by atoms with Gasteiger partial charge in [0, 0.05) is 6.54 Å². The van der Waals surface area contributed by atoms with Gasteiger partial charge in [-0.2, -0.15) is 0 Å². The molecule has 0 radical (unpaired) electrons. The van der Waals surface area contributed by atoms with Crippen molar-refractivity contribution in [1.82, 2.24) is 4.57 Å². The van der Waals surface area contributed by atoms with E-state index in [1.807, 2.05) is 19.9 Å². The first-order valence-electron chi connectivity index (χ1n) is 8.23. The van der Waals surface area contributed by atoms with Crippen LogP contribution >= 0.6 is 0 Å². The van der Waals surface area contributed by atoms with Crippen LogP contribution in [0.4, 0.5) is 0 Å². The predicted molar refractivity (Wildman–Crippen MR) is 101 cm³/mol. The quantitative estimate of drug-likeness (QED) is 0.426. The normalized spacial score (nSPS) is 11.2. The fourth-order valence-corrected chi connectivity index (χ4v) is 2.57. The van der Waals surface area contributed by atoms with Gasteiger partial charge in [-0.15, -0.1) is 0 Å². The van der Waals surface area contributed by atoms with E-state index in [1.165, 1.54) is 10.6 Å². The lowest BCUT2D eigenvalue weighted by Gasteiger charge is -2.00. The highest BCUT2D eigenvalue weighted by Gasteiger charge is 2.15. The van der Waals surface area contributed by atoms with Crippen LogP contribution in [-0.4, -0.2) is 15.5 Å². The first kappa shape index (κ1) is 17.5. The average molecular weight is 349 g/mol. The van der Waals surface area contributed by atoms with Crippen LogP contribution in [-0.2, 0) is 6.54 Å². The van der Waals surface area contributed by atoms with Crippen molar-refractivity contribution in [2.45, 2.75) is 20.4 Å². The Hall–Kier alpha value is -3.34. The zero-order chi connectivity index (χ0) is 18.7. The molecule has 5 nitrogen and oxygen atoms in total. The van der Waals surface area contributed by atoms with Crippen LogP contribution in [0.5, 0.6) is 5.75 Å². The summed E-state index contributed by atoms with van der Waals surface area (Å²) in [6.45, 7) is 4.31. The molecule has 1 N–H and O–H groups in total. The van der Waals surface area contributed by atoms with Crippen molar-refractivity contribution in [1.29, 1.82) is 0 Å². The Bertz CT molecular complexity index is 1060. The maximum Gasteiger partial charge on any atom is 0.420 e. The summed E-state index contributed by atoms with van der Waals surface area (Å²) in [6, 6.07) is 11.6. The summed E-state index contributed by atoms with van der Waals surface area (Å²) in [5.41, 5.74) is 3.10. The molecule has 0 saturated carbocycles. The Kier molecular flexibility index (Phi) is 4.89. The molecule has 3 rings (SSSR count). The molecule has 0 spiro atoms. The van der Waals surface area contributed by atoms with Gasteiger partial charge in [-0.1, -0.05) is 35.9 Å². The summed E-state index contributed by atoms with van der Waals surface area (Å²) in [5, 5.41) is 9.30. The number of nitrogens with zero attached hydrogens (tertiary/aromatic N) is 1. The molecule has 0 aliphatic rings. The van der Waals surface area contributed by atoms with E-state index in [0.29, 0.717) is 23.2 Å². The Morgan fingerprint density at radius 3 is 2.58 bits per heavy atom. The standard InChI is InChI=1S/C21H19NO4/c1-14(2)12-13-22-18-5-3-4-17(20(18)26-21(22)25)19(24)11-8-15-6-9-16(23)10-7-15/h3-12,23H,13H2,1-2H3/b11-8+. The zero-order valence-corrected chi connectivity index (χ0v) is 14.6. The van der Waals surface area contributed by atoms with Crippen molar-refractivity contribution in [2.24, 2.45) is 0 Å². The number of fused-ring (bicyclic) bond motifs is 1. The van der Waals surface area contributed by atoms with Gasteiger partial charge in [0.1, 0.15) is 5.75 Å². The molecular weight excluding hydrogens is 330 g/mol. The van der Waals surface area contributed by atoms with Gasteiger partial charge in [-0.05, 0) is 49.8 Å². The van der Waals surface area contributed by atoms with Crippen molar-refractivity contribution in [3.8, 4) is 5.75 Å². The van der Waals surface area contributed by atoms with E-state index < -0.39 is 5.76 Å². The third kappa shape index (κ3) is 3.67. The minimum absolute atomic E-state index is 0.165. The molecule has 0 bridgehead atoms. The van der Waals surface area contributed by atoms with E-state index in [9.17, 15) is 14.7 Å². The second-order valence-corrected chi connectivity index (χ2v) is 6.20. The van der Waals surface area contributed by atoms with Crippen LogP contribution in [0, 0.1) is 0 Å². The summed E-state index contributed by atoms with van der Waals surface area (Å²) in [4.78, 5) is 24.7. The maximum atomic E-state index is 12.6. The molecule has 0 aliphatic carbocycles. The van der Waals surface area contributed by atoms with Gasteiger partial charge < -0.3 is 9.52 Å². The highest BCUT2D eigenvalue weighted by Crippen LogP contribution is 2.20. The molecule has 0 unspecified atom stereocenters. The molecule has 0 aliphatic heterocycles. The van der Waals surface area contributed by atoms with Gasteiger partial charge in [0.05, 0.1) is 11.1 Å². The number of rotatable bonds is 5. The highest BCUT2D eigenvalue weighted by atomic mass is 16.4. The van der Waals surface area contributed by atoms with Crippen molar-refractivity contribution in [2.75, 3.05) is 0 Å². The van der Waals surface area contributed by atoms with Crippen LogP contribution in [0.2, 0.25) is 0 Å². The number of phenols is 1. The third-order valence-electron chi connectivity index (χ3n) is 3.96. The molecule has 26 heavy (non-hydrogen) atoms. The number of ketones is 1. The topological polar surface area (TPSA) is 72.4 Å². The van der Waals surface area contributed by atoms with Gasteiger partial charge in [0.2, 0.25) is 0 Å².